The van der Waals surface area contributed by atoms with Gasteiger partial charge in [-0.3, -0.25) is 4.79 Å². The summed E-state index contributed by atoms with van der Waals surface area (Å²) >= 11 is 0. The molecule has 0 radical (unpaired) electrons. The van der Waals surface area contributed by atoms with E-state index in [-0.39, 0.29) is 5.91 Å². The molecule has 1 unspecified atom stereocenters. The monoisotopic (exact) mass is 403 g/mol. The second-order valence-electron chi connectivity index (χ2n) is 7.25. The Hall–Kier alpha value is -3.60. The van der Waals surface area contributed by atoms with E-state index >= 15 is 0 Å². The smallest absolute Gasteiger partial charge is 0.352 e. The normalized spacial score (nSPS) is 11.6. The third-order valence-electron chi connectivity index (χ3n) is 4.56. The van der Waals surface area contributed by atoms with E-state index in [1.165, 1.54) is 5.56 Å². The fourth-order valence-corrected chi connectivity index (χ4v) is 2.78. The van der Waals surface area contributed by atoms with E-state index in [0.29, 0.717) is 28.7 Å². The highest BCUT2D eigenvalue weighted by atomic mass is 16.6. The van der Waals surface area contributed by atoms with Crippen LogP contribution in [0.25, 0.3) is 0 Å². The molecule has 1 atom stereocenters. The standard InChI is InChI=1S/C25H25NO4/c1-17(2)19-9-13-22(14-10-19)29-18(3)25(28)30-23-15-11-20(12-16-23)24(27)26-21-7-5-4-6-8-21/h4-18H,1-3H3,(H,26,27). The average molecular weight is 403 g/mol. The van der Waals surface area contributed by atoms with Crippen LogP contribution in [0.1, 0.15) is 42.6 Å². The van der Waals surface area contributed by atoms with Gasteiger partial charge in [-0.25, -0.2) is 4.79 Å². The molecule has 154 valence electrons. The SMILES string of the molecule is CC(Oc1ccc(C(C)C)cc1)C(=O)Oc1ccc(C(=O)Nc2ccccc2)cc1. The van der Waals surface area contributed by atoms with Crippen LogP contribution in [0.4, 0.5) is 5.69 Å². The van der Waals surface area contributed by atoms with Gasteiger partial charge in [0.05, 0.1) is 0 Å². The number of benzene rings is 3. The summed E-state index contributed by atoms with van der Waals surface area (Å²) in [6.45, 7) is 5.87. The van der Waals surface area contributed by atoms with Gasteiger partial charge < -0.3 is 14.8 Å². The maximum absolute atomic E-state index is 12.3. The van der Waals surface area contributed by atoms with Crippen molar-refractivity contribution in [3.05, 3.63) is 90.0 Å². The number of ether oxygens (including phenoxy) is 2. The van der Waals surface area contributed by atoms with E-state index in [1.54, 1.807) is 31.2 Å². The molecule has 0 spiro atoms. The zero-order chi connectivity index (χ0) is 21.5. The summed E-state index contributed by atoms with van der Waals surface area (Å²) in [4.78, 5) is 24.6. The van der Waals surface area contributed by atoms with E-state index in [0.717, 1.165) is 0 Å². The van der Waals surface area contributed by atoms with Gasteiger partial charge in [-0.1, -0.05) is 44.2 Å². The molecule has 3 aromatic carbocycles. The van der Waals surface area contributed by atoms with Crippen molar-refractivity contribution in [2.45, 2.75) is 32.8 Å². The molecule has 0 heterocycles. The number of anilines is 1. The first-order valence-electron chi connectivity index (χ1n) is 9.87. The van der Waals surface area contributed by atoms with Crippen LogP contribution in [0.2, 0.25) is 0 Å². The number of amides is 1. The van der Waals surface area contributed by atoms with Crippen LogP contribution in [0.3, 0.4) is 0 Å². The molecule has 0 fully saturated rings. The van der Waals surface area contributed by atoms with Crippen molar-refractivity contribution in [3.63, 3.8) is 0 Å². The van der Waals surface area contributed by atoms with Crippen LogP contribution >= 0.6 is 0 Å². The van der Waals surface area contributed by atoms with Gasteiger partial charge in [0.15, 0.2) is 6.10 Å². The molecule has 0 saturated carbocycles. The summed E-state index contributed by atoms with van der Waals surface area (Å²) in [5.74, 6) is 0.642. The quantitative estimate of drug-likeness (QED) is 0.422. The molecule has 0 aromatic heterocycles. The fraction of sp³-hybridized carbons (Fsp3) is 0.200. The van der Waals surface area contributed by atoms with Crippen LogP contribution in [0.15, 0.2) is 78.9 Å². The number of esters is 1. The third kappa shape index (κ3) is 5.70. The van der Waals surface area contributed by atoms with E-state index in [2.05, 4.69) is 19.2 Å². The van der Waals surface area contributed by atoms with Gasteiger partial charge in [0, 0.05) is 11.3 Å². The highest BCUT2D eigenvalue weighted by Crippen LogP contribution is 2.20. The Morgan fingerprint density at radius 2 is 1.37 bits per heavy atom. The maximum atomic E-state index is 12.3. The molecule has 0 aliphatic heterocycles. The predicted molar refractivity (Wildman–Crippen MR) is 117 cm³/mol. The molecule has 30 heavy (non-hydrogen) atoms. The summed E-state index contributed by atoms with van der Waals surface area (Å²) in [5, 5.41) is 2.81. The van der Waals surface area contributed by atoms with Crippen LogP contribution < -0.4 is 14.8 Å². The molecule has 0 aliphatic rings. The molecule has 1 amide bonds. The van der Waals surface area contributed by atoms with Crippen molar-refractivity contribution in [3.8, 4) is 11.5 Å². The lowest BCUT2D eigenvalue weighted by Gasteiger charge is -2.15. The number of rotatable bonds is 7. The van der Waals surface area contributed by atoms with E-state index in [1.807, 2.05) is 54.6 Å². The highest BCUT2D eigenvalue weighted by Gasteiger charge is 2.18. The number of para-hydroxylation sites is 1. The number of carbonyl (C=O) groups is 2. The topological polar surface area (TPSA) is 64.6 Å². The lowest BCUT2D eigenvalue weighted by Crippen LogP contribution is -2.28. The van der Waals surface area contributed by atoms with E-state index < -0.39 is 12.1 Å². The zero-order valence-electron chi connectivity index (χ0n) is 17.3. The summed E-state index contributed by atoms with van der Waals surface area (Å²) in [5.41, 5.74) is 2.38. The van der Waals surface area contributed by atoms with Gasteiger partial charge in [-0.05, 0) is 66.9 Å². The van der Waals surface area contributed by atoms with Gasteiger partial charge in [-0.2, -0.15) is 0 Å². The second-order valence-corrected chi connectivity index (χ2v) is 7.25. The van der Waals surface area contributed by atoms with Crippen molar-refractivity contribution in [1.29, 1.82) is 0 Å². The lowest BCUT2D eigenvalue weighted by atomic mass is 10.0. The van der Waals surface area contributed by atoms with Crippen LogP contribution in [0.5, 0.6) is 11.5 Å². The molecule has 0 aliphatic carbocycles. The zero-order valence-corrected chi connectivity index (χ0v) is 17.3. The number of carbonyl (C=O) groups excluding carboxylic acids is 2. The molecule has 0 bridgehead atoms. The fourth-order valence-electron chi connectivity index (χ4n) is 2.78. The number of nitrogens with one attached hydrogen (secondary N) is 1. The van der Waals surface area contributed by atoms with Gasteiger partial charge in [0.25, 0.3) is 5.91 Å². The van der Waals surface area contributed by atoms with Gasteiger partial charge in [0.1, 0.15) is 11.5 Å². The lowest BCUT2D eigenvalue weighted by molar-refractivity contribution is -0.141. The Labute approximate surface area is 176 Å². The third-order valence-corrected chi connectivity index (χ3v) is 4.56. The van der Waals surface area contributed by atoms with Crippen molar-refractivity contribution in [2.75, 3.05) is 5.32 Å². The number of hydrogen-bond acceptors (Lipinski definition) is 4. The molecule has 5 nitrogen and oxygen atoms in total. The molecule has 3 aromatic rings. The molecule has 0 saturated heterocycles. The summed E-state index contributed by atoms with van der Waals surface area (Å²) < 4.78 is 11.0. The van der Waals surface area contributed by atoms with Crippen LogP contribution in [-0.2, 0) is 4.79 Å². The summed E-state index contributed by atoms with van der Waals surface area (Å²) in [6, 6.07) is 23.2. The number of hydrogen-bond donors (Lipinski definition) is 1. The van der Waals surface area contributed by atoms with Crippen molar-refractivity contribution in [2.24, 2.45) is 0 Å². The molecular weight excluding hydrogens is 378 g/mol. The minimum Gasteiger partial charge on any atom is -0.479 e. The molecular formula is C25H25NO4. The summed E-state index contributed by atoms with van der Waals surface area (Å²) in [7, 11) is 0. The van der Waals surface area contributed by atoms with Crippen LogP contribution in [-0.4, -0.2) is 18.0 Å². The Morgan fingerprint density at radius 3 is 1.97 bits per heavy atom. The van der Waals surface area contributed by atoms with Crippen molar-refractivity contribution >= 4 is 17.6 Å². The Kier molecular flexibility index (Phi) is 6.86. The Morgan fingerprint density at radius 1 is 0.767 bits per heavy atom. The minimum atomic E-state index is -0.768. The van der Waals surface area contributed by atoms with E-state index in [4.69, 9.17) is 9.47 Å². The van der Waals surface area contributed by atoms with Crippen molar-refractivity contribution in [1.82, 2.24) is 0 Å². The first-order valence-corrected chi connectivity index (χ1v) is 9.87. The predicted octanol–water partition coefficient (Wildman–Crippen LogP) is 5.44. The minimum absolute atomic E-state index is 0.236. The first kappa shape index (κ1) is 21.1. The Bertz CT molecular complexity index is 980. The average Bonchev–Trinajstić information content (AvgIpc) is 2.75. The van der Waals surface area contributed by atoms with Gasteiger partial charge >= 0.3 is 5.97 Å². The summed E-state index contributed by atoms with van der Waals surface area (Å²) in [6.07, 6.45) is -0.768. The maximum Gasteiger partial charge on any atom is 0.352 e. The molecule has 3 rings (SSSR count). The largest absolute Gasteiger partial charge is 0.479 e. The second kappa shape index (κ2) is 9.74. The van der Waals surface area contributed by atoms with Crippen molar-refractivity contribution < 1.29 is 19.1 Å². The highest BCUT2D eigenvalue weighted by molar-refractivity contribution is 6.04. The molecule has 5 heteroatoms. The van der Waals surface area contributed by atoms with Gasteiger partial charge in [-0.15, -0.1) is 0 Å². The Balaban J connectivity index is 1.55. The molecule has 1 N–H and O–H groups in total. The first-order chi connectivity index (χ1) is 14.4. The van der Waals surface area contributed by atoms with Gasteiger partial charge in [0.2, 0.25) is 0 Å². The van der Waals surface area contributed by atoms with E-state index in [9.17, 15) is 9.59 Å². The van der Waals surface area contributed by atoms with Crippen LogP contribution in [0, 0.1) is 0 Å².